The molecular weight excluding hydrogens is 421 g/mol. The van der Waals surface area contributed by atoms with Crippen LogP contribution in [0.5, 0.6) is 0 Å². The minimum absolute atomic E-state index is 0. The van der Waals surface area contributed by atoms with Gasteiger partial charge >= 0.3 is 0 Å². The molecule has 24 heavy (non-hydrogen) atoms. The standard InChI is InChI=1S/C15H29N7O.HI/c1-4-16-15(18-11-14-19-12-20-21(14)2)17-7-8-22(9-10-23-3)13-5-6-13;/h12-13H,4-11H2,1-3H3,(H2,16,17,18);1H. The molecule has 1 heterocycles. The van der Waals surface area contributed by atoms with E-state index < -0.39 is 0 Å². The van der Waals surface area contributed by atoms with Crippen molar-refractivity contribution in [3.63, 3.8) is 0 Å². The molecule has 1 saturated carbocycles. The fourth-order valence-corrected chi connectivity index (χ4v) is 2.40. The molecule has 1 aromatic heterocycles. The molecule has 1 fully saturated rings. The van der Waals surface area contributed by atoms with Gasteiger partial charge in [0.25, 0.3) is 0 Å². The molecule has 2 rings (SSSR count). The summed E-state index contributed by atoms with van der Waals surface area (Å²) in [4.78, 5) is 11.2. The Balaban J connectivity index is 0.00000288. The van der Waals surface area contributed by atoms with Gasteiger partial charge in [0.2, 0.25) is 0 Å². The Bertz CT molecular complexity index is 490. The summed E-state index contributed by atoms with van der Waals surface area (Å²) in [7, 11) is 3.63. The summed E-state index contributed by atoms with van der Waals surface area (Å²) in [5.74, 6) is 1.67. The third-order valence-electron chi connectivity index (χ3n) is 3.87. The maximum atomic E-state index is 5.19. The van der Waals surface area contributed by atoms with Crippen LogP contribution in [0.25, 0.3) is 0 Å². The molecule has 9 heteroatoms. The highest BCUT2D eigenvalue weighted by molar-refractivity contribution is 14.0. The number of hydrogen-bond acceptors (Lipinski definition) is 5. The zero-order valence-corrected chi connectivity index (χ0v) is 17.2. The molecule has 0 amide bonds. The Morgan fingerprint density at radius 3 is 2.79 bits per heavy atom. The van der Waals surface area contributed by atoms with Crippen LogP contribution in [0, 0.1) is 0 Å². The van der Waals surface area contributed by atoms with E-state index in [4.69, 9.17) is 4.74 Å². The van der Waals surface area contributed by atoms with Crippen LogP contribution in [0.4, 0.5) is 0 Å². The summed E-state index contributed by atoms with van der Waals surface area (Å²) < 4.78 is 6.94. The van der Waals surface area contributed by atoms with Crippen molar-refractivity contribution in [1.29, 1.82) is 0 Å². The highest BCUT2D eigenvalue weighted by Gasteiger charge is 2.28. The van der Waals surface area contributed by atoms with Crippen LogP contribution < -0.4 is 10.6 Å². The summed E-state index contributed by atoms with van der Waals surface area (Å²) in [5.41, 5.74) is 0. The van der Waals surface area contributed by atoms with Crippen LogP contribution in [-0.4, -0.2) is 71.6 Å². The number of methoxy groups -OCH3 is 1. The topological polar surface area (TPSA) is 79.6 Å². The van der Waals surface area contributed by atoms with E-state index in [2.05, 4.69) is 37.5 Å². The van der Waals surface area contributed by atoms with Gasteiger partial charge in [0.1, 0.15) is 18.7 Å². The molecule has 0 aliphatic heterocycles. The van der Waals surface area contributed by atoms with Crippen molar-refractivity contribution < 1.29 is 4.74 Å². The molecule has 0 saturated heterocycles. The van der Waals surface area contributed by atoms with Gasteiger partial charge in [-0.15, -0.1) is 24.0 Å². The number of guanidine groups is 1. The summed E-state index contributed by atoms with van der Waals surface area (Å²) >= 11 is 0. The van der Waals surface area contributed by atoms with Crippen LogP contribution in [0.1, 0.15) is 25.6 Å². The van der Waals surface area contributed by atoms with Crippen molar-refractivity contribution >= 4 is 29.9 Å². The van der Waals surface area contributed by atoms with Crippen molar-refractivity contribution in [2.45, 2.75) is 32.4 Å². The second-order valence-electron chi connectivity index (χ2n) is 5.68. The van der Waals surface area contributed by atoms with E-state index in [0.717, 1.165) is 50.6 Å². The highest BCUT2D eigenvalue weighted by atomic mass is 127. The summed E-state index contributed by atoms with van der Waals surface area (Å²) in [5, 5.41) is 10.7. The van der Waals surface area contributed by atoms with Crippen molar-refractivity contribution in [2.24, 2.45) is 12.0 Å². The molecule has 8 nitrogen and oxygen atoms in total. The smallest absolute Gasteiger partial charge is 0.191 e. The normalized spacial score (nSPS) is 14.6. The number of rotatable bonds is 10. The quantitative estimate of drug-likeness (QED) is 0.308. The maximum Gasteiger partial charge on any atom is 0.191 e. The van der Waals surface area contributed by atoms with Crippen molar-refractivity contribution in [1.82, 2.24) is 30.3 Å². The second-order valence-corrected chi connectivity index (χ2v) is 5.68. The molecule has 138 valence electrons. The van der Waals surface area contributed by atoms with Gasteiger partial charge < -0.3 is 15.4 Å². The van der Waals surface area contributed by atoms with E-state index in [9.17, 15) is 0 Å². The van der Waals surface area contributed by atoms with Gasteiger partial charge in [-0.05, 0) is 19.8 Å². The average Bonchev–Trinajstić information content (AvgIpc) is 3.31. The lowest BCUT2D eigenvalue weighted by atomic mass is 10.4. The zero-order chi connectivity index (χ0) is 16.5. The van der Waals surface area contributed by atoms with E-state index in [1.165, 1.54) is 12.8 Å². The lowest BCUT2D eigenvalue weighted by Gasteiger charge is -2.22. The van der Waals surface area contributed by atoms with Gasteiger partial charge in [-0.1, -0.05) is 0 Å². The van der Waals surface area contributed by atoms with Crippen LogP contribution in [0.2, 0.25) is 0 Å². The largest absolute Gasteiger partial charge is 0.383 e. The molecular formula is C15H30IN7O. The average molecular weight is 451 g/mol. The SMILES string of the molecule is CCNC(=NCc1ncnn1C)NCCN(CCOC)C1CC1.I. The lowest BCUT2D eigenvalue weighted by Crippen LogP contribution is -2.42. The minimum Gasteiger partial charge on any atom is -0.383 e. The molecule has 0 bridgehead atoms. The third-order valence-corrected chi connectivity index (χ3v) is 3.87. The van der Waals surface area contributed by atoms with Crippen molar-refractivity contribution in [2.75, 3.05) is 39.9 Å². The molecule has 2 N–H and O–H groups in total. The number of aromatic nitrogens is 3. The van der Waals surface area contributed by atoms with Gasteiger partial charge in [0.05, 0.1) is 6.61 Å². The first-order chi connectivity index (χ1) is 11.2. The van der Waals surface area contributed by atoms with Gasteiger partial charge in [-0.2, -0.15) is 5.10 Å². The van der Waals surface area contributed by atoms with E-state index >= 15 is 0 Å². The number of ether oxygens (including phenoxy) is 1. The van der Waals surface area contributed by atoms with Gasteiger partial charge in [0.15, 0.2) is 5.96 Å². The first kappa shape index (κ1) is 21.1. The van der Waals surface area contributed by atoms with Gasteiger partial charge in [0, 0.05) is 46.4 Å². The van der Waals surface area contributed by atoms with E-state index in [1.54, 1.807) is 18.1 Å². The third kappa shape index (κ3) is 7.31. The number of aryl methyl sites for hydroxylation is 1. The number of nitrogens with one attached hydrogen (secondary N) is 2. The molecule has 0 atom stereocenters. The molecule has 1 aliphatic carbocycles. The Kier molecular flexibility index (Phi) is 10.2. The predicted octanol–water partition coefficient (Wildman–Crippen LogP) is 0.599. The first-order valence-electron chi connectivity index (χ1n) is 8.32. The Morgan fingerprint density at radius 1 is 1.42 bits per heavy atom. The summed E-state index contributed by atoms with van der Waals surface area (Å²) in [6.45, 7) is 7.07. The fraction of sp³-hybridized carbons (Fsp3) is 0.800. The molecule has 1 aromatic rings. The Labute approximate surface area is 161 Å². The summed E-state index contributed by atoms with van der Waals surface area (Å²) in [6, 6.07) is 0.741. The van der Waals surface area contributed by atoms with Crippen LogP contribution in [-0.2, 0) is 18.3 Å². The van der Waals surface area contributed by atoms with Gasteiger partial charge in [-0.25, -0.2) is 9.98 Å². The van der Waals surface area contributed by atoms with E-state index in [0.29, 0.717) is 6.54 Å². The first-order valence-corrected chi connectivity index (χ1v) is 8.32. The molecule has 0 aromatic carbocycles. The maximum absolute atomic E-state index is 5.19. The Morgan fingerprint density at radius 2 is 2.21 bits per heavy atom. The predicted molar refractivity (Wildman–Crippen MR) is 106 cm³/mol. The number of nitrogens with zero attached hydrogens (tertiary/aromatic N) is 5. The minimum atomic E-state index is 0. The number of hydrogen-bond donors (Lipinski definition) is 2. The van der Waals surface area contributed by atoms with Crippen LogP contribution in [0.3, 0.4) is 0 Å². The van der Waals surface area contributed by atoms with Crippen molar-refractivity contribution in [3.8, 4) is 0 Å². The van der Waals surface area contributed by atoms with Crippen LogP contribution in [0.15, 0.2) is 11.3 Å². The second kappa shape index (κ2) is 11.6. The van der Waals surface area contributed by atoms with Crippen molar-refractivity contribution in [3.05, 3.63) is 12.2 Å². The summed E-state index contributed by atoms with van der Waals surface area (Å²) in [6.07, 6.45) is 4.17. The monoisotopic (exact) mass is 451 g/mol. The van der Waals surface area contributed by atoms with E-state index in [1.807, 2.05) is 7.05 Å². The van der Waals surface area contributed by atoms with Crippen LogP contribution >= 0.6 is 24.0 Å². The number of aliphatic imine (C=N–C) groups is 1. The van der Waals surface area contributed by atoms with Gasteiger partial charge in [-0.3, -0.25) is 9.58 Å². The Hall–Kier alpha value is -0.940. The molecule has 1 aliphatic rings. The molecule has 0 radical (unpaired) electrons. The zero-order valence-electron chi connectivity index (χ0n) is 14.9. The molecule has 0 spiro atoms. The highest BCUT2D eigenvalue weighted by Crippen LogP contribution is 2.25. The number of halogens is 1. The molecule has 0 unspecified atom stereocenters. The van der Waals surface area contributed by atoms with E-state index in [-0.39, 0.29) is 24.0 Å². The fourth-order valence-electron chi connectivity index (χ4n) is 2.40. The lowest BCUT2D eigenvalue weighted by molar-refractivity contribution is 0.144.